The zero-order valence-corrected chi connectivity index (χ0v) is 13.8. The van der Waals surface area contributed by atoms with Crippen molar-refractivity contribution in [3.63, 3.8) is 0 Å². The molecular weight excluding hydrogens is 304 g/mol. The molecule has 0 spiro atoms. The summed E-state index contributed by atoms with van der Waals surface area (Å²) < 4.78 is 0. The molecule has 2 N–H and O–H groups in total. The van der Waals surface area contributed by atoms with Gasteiger partial charge in [-0.3, -0.25) is 14.4 Å². The van der Waals surface area contributed by atoms with Crippen LogP contribution in [0.1, 0.15) is 25.0 Å². The number of hydrogen-bond donors (Lipinski definition) is 1. The third-order valence-electron chi connectivity index (χ3n) is 4.90. The van der Waals surface area contributed by atoms with E-state index in [4.69, 9.17) is 5.73 Å². The number of benzene rings is 1. The molecule has 1 aliphatic heterocycles. The van der Waals surface area contributed by atoms with Gasteiger partial charge in [0.25, 0.3) is 5.91 Å². The summed E-state index contributed by atoms with van der Waals surface area (Å²) in [6, 6.07) is 5.72. The Morgan fingerprint density at radius 2 is 1.79 bits per heavy atom. The Morgan fingerprint density at radius 3 is 2.29 bits per heavy atom. The molecule has 0 radical (unpaired) electrons. The van der Waals surface area contributed by atoms with Crippen molar-refractivity contribution in [1.82, 2.24) is 0 Å². The first-order valence-electron chi connectivity index (χ1n) is 8.14. The molecule has 2 aliphatic rings. The Morgan fingerprint density at radius 1 is 1.17 bits per heavy atom. The maximum atomic E-state index is 13.2. The molecule has 1 aromatic carbocycles. The fourth-order valence-electron chi connectivity index (χ4n) is 3.60. The van der Waals surface area contributed by atoms with Gasteiger partial charge in [-0.05, 0) is 24.0 Å². The number of carbonyl (C=O) groups is 3. The number of allylic oxidation sites excluding steroid dienone is 2. The van der Waals surface area contributed by atoms with Crippen molar-refractivity contribution >= 4 is 23.4 Å². The van der Waals surface area contributed by atoms with Crippen molar-refractivity contribution in [3.05, 3.63) is 53.6 Å². The Bertz CT molecular complexity index is 772. The van der Waals surface area contributed by atoms with E-state index in [1.54, 1.807) is 18.2 Å². The van der Waals surface area contributed by atoms with Crippen LogP contribution in [0.25, 0.3) is 0 Å². The Kier molecular flexibility index (Phi) is 3.87. The first-order chi connectivity index (χ1) is 11.5. The maximum Gasteiger partial charge on any atom is 0.254 e. The van der Waals surface area contributed by atoms with Gasteiger partial charge in [-0.1, -0.05) is 56.4 Å². The second-order valence-corrected chi connectivity index (χ2v) is 6.07. The number of imide groups is 1. The monoisotopic (exact) mass is 324 g/mol. The first kappa shape index (κ1) is 16.2. The van der Waals surface area contributed by atoms with E-state index in [9.17, 15) is 14.4 Å². The molecule has 5 nitrogen and oxygen atoms in total. The van der Waals surface area contributed by atoms with Crippen molar-refractivity contribution in [1.29, 1.82) is 0 Å². The normalized spacial score (nSPS) is 25.2. The van der Waals surface area contributed by atoms with Crippen molar-refractivity contribution in [2.45, 2.75) is 26.7 Å². The van der Waals surface area contributed by atoms with Gasteiger partial charge in [-0.2, -0.15) is 0 Å². The van der Waals surface area contributed by atoms with Gasteiger partial charge in [0.15, 0.2) is 5.41 Å². The maximum absolute atomic E-state index is 13.2. The first-order valence-corrected chi connectivity index (χ1v) is 8.14. The quantitative estimate of drug-likeness (QED) is 0.678. The van der Waals surface area contributed by atoms with Gasteiger partial charge in [-0.25, -0.2) is 4.90 Å². The van der Waals surface area contributed by atoms with Crippen LogP contribution in [0.4, 0.5) is 5.69 Å². The van der Waals surface area contributed by atoms with Gasteiger partial charge in [-0.15, -0.1) is 0 Å². The van der Waals surface area contributed by atoms with Crippen LogP contribution in [0, 0.1) is 11.3 Å². The fraction of sp³-hybridized carbons (Fsp3) is 0.316. The molecule has 1 aromatic rings. The number of fused-ring (bicyclic) bond motifs is 1. The molecule has 0 saturated carbocycles. The average molecular weight is 324 g/mol. The minimum atomic E-state index is -1.61. The number of anilines is 1. The summed E-state index contributed by atoms with van der Waals surface area (Å²) >= 11 is 0. The number of hydrogen-bond acceptors (Lipinski definition) is 3. The molecular formula is C19H20N2O3. The number of aryl methyl sites for hydroxylation is 2. The van der Waals surface area contributed by atoms with Crippen LogP contribution >= 0.6 is 0 Å². The molecule has 2 atom stereocenters. The lowest BCUT2D eigenvalue weighted by Gasteiger charge is -2.25. The highest BCUT2D eigenvalue weighted by Crippen LogP contribution is 2.45. The molecule has 2 unspecified atom stereocenters. The summed E-state index contributed by atoms with van der Waals surface area (Å²) in [6.45, 7) is 3.94. The number of primary amides is 1. The predicted octanol–water partition coefficient (Wildman–Crippen LogP) is 1.90. The van der Waals surface area contributed by atoms with Gasteiger partial charge in [0.05, 0.1) is 11.6 Å². The zero-order chi connectivity index (χ0) is 17.5. The second kappa shape index (κ2) is 5.74. The lowest BCUT2D eigenvalue weighted by Crippen LogP contribution is -2.46. The topological polar surface area (TPSA) is 80.5 Å². The van der Waals surface area contributed by atoms with Crippen LogP contribution in [0.15, 0.2) is 42.5 Å². The predicted molar refractivity (Wildman–Crippen MR) is 91.1 cm³/mol. The molecule has 0 bridgehead atoms. The summed E-state index contributed by atoms with van der Waals surface area (Å²) in [5, 5.41) is 0. The molecule has 0 aromatic heterocycles. The van der Waals surface area contributed by atoms with Gasteiger partial charge >= 0.3 is 0 Å². The minimum Gasteiger partial charge on any atom is -0.368 e. The third kappa shape index (κ3) is 1.97. The molecule has 1 fully saturated rings. The molecule has 3 amide bonds. The highest BCUT2D eigenvalue weighted by atomic mass is 16.2. The molecule has 24 heavy (non-hydrogen) atoms. The Labute approximate surface area is 140 Å². The van der Waals surface area contributed by atoms with Crippen LogP contribution in [-0.4, -0.2) is 17.7 Å². The zero-order valence-electron chi connectivity index (χ0n) is 13.8. The van der Waals surface area contributed by atoms with E-state index >= 15 is 0 Å². The van der Waals surface area contributed by atoms with Crippen LogP contribution in [0.2, 0.25) is 0 Å². The highest BCUT2D eigenvalue weighted by molar-refractivity contribution is 6.32. The third-order valence-corrected chi connectivity index (χ3v) is 4.90. The van der Waals surface area contributed by atoms with E-state index in [-0.39, 0.29) is 0 Å². The average Bonchev–Trinajstić information content (AvgIpc) is 2.83. The van der Waals surface area contributed by atoms with Crippen LogP contribution in [0.5, 0.6) is 0 Å². The number of para-hydroxylation sites is 1. The molecule has 5 heteroatoms. The van der Waals surface area contributed by atoms with Gasteiger partial charge in [0.2, 0.25) is 11.8 Å². The number of nitrogens with two attached hydrogens (primary N) is 1. The van der Waals surface area contributed by atoms with Crippen molar-refractivity contribution in [2.24, 2.45) is 17.1 Å². The molecule has 1 saturated heterocycles. The minimum absolute atomic E-state index is 0.394. The highest BCUT2D eigenvalue weighted by Gasteiger charge is 2.62. The van der Waals surface area contributed by atoms with Crippen LogP contribution < -0.4 is 10.6 Å². The Balaban J connectivity index is 2.23. The lowest BCUT2D eigenvalue weighted by atomic mass is 9.74. The molecule has 3 rings (SSSR count). The number of carbonyl (C=O) groups excluding carboxylic acids is 3. The van der Waals surface area contributed by atoms with Gasteiger partial charge in [0, 0.05) is 0 Å². The van der Waals surface area contributed by atoms with E-state index in [1.807, 2.05) is 32.0 Å². The SMILES string of the molecule is CCc1cccc(CC)c1N1C(=O)C2C=CC=CC2(C(N)=O)C1=O. The van der Waals surface area contributed by atoms with E-state index < -0.39 is 29.1 Å². The van der Waals surface area contributed by atoms with Crippen molar-refractivity contribution in [2.75, 3.05) is 4.90 Å². The van der Waals surface area contributed by atoms with Gasteiger partial charge < -0.3 is 5.73 Å². The number of amides is 3. The Hall–Kier alpha value is -2.69. The van der Waals surface area contributed by atoms with Gasteiger partial charge in [0.1, 0.15) is 0 Å². The van der Waals surface area contributed by atoms with E-state index in [1.165, 1.54) is 11.0 Å². The summed E-state index contributed by atoms with van der Waals surface area (Å²) in [6.07, 6.45) is 7.68. The van der Waals surface area contributed by atoms with E-state index in [0.29, 0.717) is 18.5 Å². The summed E-state index contributed by atoms with van der Waals surface area (Å²) in [5.41, 5.74) is 6.36. The van der Waals surface area contributed by atoms with Crippen molar-refractivity contribution < 1.29 is 14.4 Å². The summed E-state index contributed by atoms with van der Waals surface area (Å²) in [4.78, 5) is 39.5. The number of nitrogens with zero attached hydrogens (tertiary/aromatic N) is 1. The van der Waals surface area contributed by atoms with E-state index in [2.05, 4.69) is 0 Å². The molecule has 1 aliphatic carbocycles. The summed E-state index contributed by atoms with van der Waals surface area (Å²) in [5.74, 6) is -2.61. The number of rotatable bonds is 4. The van der Waals surface area contributed by atoms with Crippen LogP contribution in [-0.2, 0) is 27.2 Å². The lowest BCUT2D eigenvalue weighted by molar-refractivity contribution is -0.136. The second-order valence-electron chi connectivity index (χ2n) is 6.07. The smallest absolute Gasteiger partial charge is 0.254 e. The molecule has 1 heterocycles. The van der Waals surface area contributed by atoms with Crippen LogP contribution in [0.3, 0.4) is 0 Å². The standard InChI is InChI=1S/C19H20N2O3/c1-3-12-8-7-9-13(4-2)15(12)21-16(22)14-10-5-6-11-19(14,17(20)23)18(21)24/h5-11,14H,3-4H2,1-2H3,(H2,20,23). The summed E-state index contributed by atoms with van der Waals surface area (Å²) in [7, 11) is 0. The van der Waals surface area contributed by atoms with E-state index in [0.717, 1.165) is 11.1 Å². The van der Waals surface area contributed by atoms with Crippen molar-refractivity contribution in [3.8, 4) is 0 Å². The largest absolute Gasteiger partial charge is 0.368 e. The fourth-order valence-corrected chi connectivity index (χ4v) is 3.60. The molecule has 124 valence electrons.